The standard InChI is InChI=1S/C14H16ClNO/c1-10(2)7-11-3-4-12(8-13(11)15)14(5-6-14)16-9-17/h3-4,8,10H,5-7H2,1-2H3. The number of carbonyl (C=O) groups excluding carboxylic acids is 1. The zero-order valence-corrected chi connectivity index (χ0v) is 10.9. The summed E-state index contributed by atoms with van der Waals surface area (Å²) in [5, 5.41) is 0.781. The van der Waals surface area contributed by atoms with Gasteiger partial charge in [-0.3, -0.25) is 0 Å². The highest BCUT2D eigenvalue weighted by Crippen LogP contribution is 2.49. The van der Waals surface area contributed by atoms with E-state index in [1.807, 2.05) is 12.1 Å². The number of hydrogen-bond acceptors (Lipinski definition) is 2. The fraction of sp³-hybridized carbons (Fsp3) is 0.500. The van der Waals surface area contributed by atoms with Crippen molar-refractivity contribution in [1.29, 1.82) is 0 Å². The maximum Gasteiger partial charge on any atom is 0.235 e. The third-order valence-corrected chi connectivity index (χ3v) is 3.55. The van der Waals surface area contributed by atoms with E-state index in [0.717, 1.165) is 35.4 Å². The number of nitrogens with zero attached hydrogens (tertiary/aromatic N) is 1. The van der Waals surface area contributed by atoms with Gasteiger partial charge in [0.1, 0.15) is 0 Å². The molecule has 0 atom stereocenters. The quantitative estimate of drug-likeness (QED) is 0.589. The highest BCUT2D eigenvalue weighted by molar-refractivity contribution is 6.31. The molecule has 1 aromatic carbocycles. The maximum atomic E-state index is 10.4. The van der Waals surface area contributed by atoms with Gasteiger partial charge in [-0.1, -0.05) is 37.6 Å². The number of halogens is 1. The Hall–Kier alpha value is -1.11. The van der Waals surface area contributed by atoms with E-state index in [4.69, 9.17) is 11.6 Å². The van der Waals surface area contributed by atoms with E-state index in [9.17, 15) is 4.79 Å². The molecule has 0 aromatic heterocycles. The van der Waals surface area contributed by atoms with Gasteiger partial charge in [-0.15, -0.1) is 0 Å². The van der Waals surface area contributed by atoms with Crippen LogP contribution in [0.5, 0.6) is 0 Å². The molecule has 0 heterocycles. The van der Waals surface area contributed by atoms with Gasteiger partial charge in [0, 0.05) is 5.02 Å². The van der Waals surface area contributed by atoms with Crippen LogP contribution in [0.4, 0.5) is 0 Å². The predicted octanol–water partition coefficient (Wildman–Crippen LogP) is 3.86. The average molecular weight is 250 g/mol. The lowest BCUT2D eigenvalue weighted by atomic mass is 9.98. The first kappa shape index (κ1) is 12.3. The number of rotatable bonds is 4. The Morgan fingerprint density at radius 1 is 1.47 bits per heavy atom. The van der Waals surface area contributed by atoms with Crippen molar-refractivity contribution in [2.45, 2.75) is 38.6 Å². The second-order valence-electron chi connectivity index (χ2n) is 5.14. The Morgan fingerprint density at radius 2 is 2.18 bits per heavy atom. The molecule has 0 spiro atoms. The first-order valence-corrected chi connectivity index (χ1v) is 6.33. The SMILES string of the molecule is CC(C)Cc1ccc(C2(N=C=O)CC2)cc1Cl. The van der Waals surface area contributed by atoms with Crippen molar-refractivity contribution in [3.63, 3.8) is 0 Å². The van der Waals surface area contributed by atoms with E-state index in [2.05, 4.69) is 24.9 Å². The van der Waals surface area contributed by atoms with Crippen LogP contribution in [0.15, 0.2) is 23.2 Å². The number of aliphatic imine (C=N–C) groups is 1. The van der Waals surface area contributed by atoms with Crippen LogP contribution >= 0.6 is 11.6 Å². The van der Waals surface area contributed by atoms with Crippen LogP contribution in [0, 0.1) is 5.92 Å². The van der Waals surface area contributed by atoms with E-state index < -0.39 is 0 Å². The van der Waals surface area contributed by atoms with Gasteiger partial charge < -0.3 is 0 Å². The molecule has 1 aromatic rings. The van der Waals surface area contributed by atoms with Crippen LogP contribution in [0.2, 0.25) is 5.02 Å². The minimum absolute atomic E-state index is 0.318. The lowest BCUT2D eigenvalue weighted by molar-refractivity contribution is 0.556. The molecule has 0 N–H and O–H groups in total. The molecule has 2 rings (SSSR count). The number of benzene rings is 1. The summed E-state index contributed by atoms with van der Waals surface area (Å²) >= 11 is 6.27. The van der Waals surface area contributed by atoms with Gasteiger partial charge in [0.05, 0.1) is 5.54 Å². The lowest BCUT2D eigenvalue weighted by Crippen LogP contribution is -2.03. The first-order chi connectivity index (χ1) is 8.07. The molecule has 2 nitrogen and oxygen atoms in total. The topological polar surface area (TPSA) is 29.4 Å². The van der Waals surface area contributed by atoms with Crippen LogP contribution in [0.3, 0.4) is 0 Å². The summed E-state index contributed by atoms with van der Waals surface area (Å²) < 4.78 is 0. The molecule has 0 saturated heterocycles. The highest BCUT2D eigenvalue weighted by atomic mass is 35.5. The summed E-state index contributed by atoms with van der Waals surface area (Å²) in [6.07, 6.45) is 4.48. The summed E-state index contributed by atoms with van der Waals surface area (Å²) in [4.78, 5) is 14.3. The Labute approximate surface area is 107 Å². The van der Waals surface area contributed by atoms with Gasteiger partial charge >= 0.3 is 0 Å². The van der Waals surface area contributed by atoms with Crippen LogP contribution < -0.4 is 0 Å². The third-order valence-electron chi connectivity index (χ3n) is 3.20. The maximum absolute atomic E-state index is 10.4. The molecule has 0 amide bonds. The van der Waals surface area contributed by atoms with Crippen molar-refractivity contribution >= 4 is 17.7 Å². The van der Waals surface area contributed by atoms with Crippen molar-refractivity contribution in [2.24, 2.45) is 10.9 Å². The van der Waals surface area contributed by atoms with Crippen molar-refractivity contribution in [3.8, 4) is 0 Å². The predicted molar refractivity (Wildman–Crippen MR) is 69.0 cm³/mol. The van der Waals surface area contributed by atoms with Gasteiger partial charge in [0.2, 0.25) is 6.08 Å². The Kier molecular flexibility index (Phi) is 3.37. The summed E-state index contributed by atoms with van der Waals surface area (Å²) in [6, 6.07) is 6.04. The molecule has 0 aliphatic heterocycles. The molecule has 1 fully saturated rings. The smallest absolute Gasteiger partial charge is 0.211 e. The van der Waals surface area contributed by atoms with E-state index in [1.165, 1.54) is 0 Å². The normalized spacial score (nSPS) is 16.7. The van der Waals surface area contributed by atoms with E-state index in [-0.39, 0.29) is 5.54 Å². The third kappa shape index (κ3) is 2.59. The van der Waals surface area contributed by atoms with Crippen LogP contribution in [-0.4, -0.2) is 6.08 Å². The van der Waals surface area contributed by atoms with Crippen LogP contribution in [0.25, 0.3) is 0 Å². The summed E-state index contributed by atoms with van der Waals surface area (Å²) in [5.41, 5.74) is 1.89. The molecule has 0 unspecified atom stereocenters. The van der Waals surface area contributed by atoms with Gasteiger partial charge in [0.15, 0.2) is 0 Å². The van der Waals surface area contributed by atoms with Crippen molar-refractivity contribution in [2.75, 3.05) is 0 Å². The summed E-state index contributed by atoms with van der Waals surface area (Å²) in [7, 11) is 0. The van der Waals surface area contributed by atoms with Gasteiger partial charge in [0.25, 0.3) is 0 Å². The summed E-state index contributed by atoms with van der Waals surface area (Å²) in [5.74, 6) is 0.584. The molecular weight excluding hydrogens is 234 g/mol. The fourth-order valence-corrected chi connectivity index (χ4v) is 2.37. The fourth-order valence-electron chi connectivity index (χ4n) is 2.11. The monoisotopic (exact) mass is 249 g/mol. The van der Waals surface area contributed by atoms with Crippen LogP contribution in [0.1, 0.15) is 37.8 Å². The average Bonchev–Trinajstić information content (AvgIpc) is 3.02. The molecule has 1 aliphatic carbocycles. The second-order valence-corrected chi connectivity index (χ2v) is 5.55. The molecule has 17 heavy (non-hydrogen) atoms. The minimum atomic E-state index is -0.318. The molecule has 1 saturated carbocycles. The molecule has 0 radical (unpaired) electrons. The molecule has 3 heteroatoms. The van der Waals surface area contributed by atoms with Gasteiger partial charge in [-0.05, 0) is 42.4 Å². The van der Waals surface area contributed by atoms with Crippen molar-refractivity contribution in [3.05, 3.63) is 34.3 Å². The number of isocyanates is 1. The zero-order valence-electron chi connectivity index (χ0n) is 10.2. The minimum Gasteiger partial charge on any atom is -0.211 e. The summed E-state index contributed by atoms with van der Waals surface area (Å²) in [6.45, 7) is 4.34. The molecule has 1 aliphatic rings. The van der Waals surface area contributed by atoms with E-state index in [1.54, 1.807) is 6.08 Å². The van der Waals surface area contributed by atoms with E-state index >= 15 is 0 Å². The van der Waals surface area contributed by atoms with Crippen LogP contribution in [-0.2, 0) is 16.8 Å². The molecule has 0 bridgehead atoms. The van der Waals surface area contributed by atoms with Gasteiger partial charge in [-0.25, -0.2) is 4.79 Å². The Morgan fingerprint density at radius 3 is 2.65 bits per heavy atom. The first-order valence-electron chi connectivity index (χ1n) is 5.95. The van der Waals surface area contributed by atoms with Crippen molar-refractivity contribution in [1.82, 2.24) is 0 Å². The Balaban J connectivity index is 2.28. The lowest BCUT2D eigenvalue weighted by Gasteiger charge is -2.12. The molecule has 90 valence electrons. The highest BCUT2D eigenvalue weighted by Gasteiger charge is 2.44. The zero-order chi connectivity index (χ0) is 12.5. The van der Waals surface area contributed by atoms with Crippen molar-refractivity contribution < 1.29 is 4.79 Å². The van der Waals surface area contributed by atoms with E-state index in [0.29, 0.717) is 5.92 Å². The number of hydrogen-bond donors (Lipinski definition) is 0. The second kappa shape index (κ2) is 4.64. The Bertz CT molecular complexity index is 471. The van der Waals surface area contributed by atoms with Gasteiger partial charge in [-0.2, -0.15) is 4.99 Å². The molecular formula is C14H16ClNO. The largest absolute Gasteiger partial charge is 0.235 e.